The maximum atomic E-state index is 12.2. The number of carbonyl (C=O) groups is 1. The van der Waals surface area contributed by atoms with Crippen LogP contribution in [0.1, 0.15) is 34.7 Å². The minimum absolute atomic E-state index is 0.287. The lowest BCUT2D eigenvalue weighted by molar-refractivity contribution is 0.0886. The Labute approximate surface area is 108 Å². The van der Waals surface area contributed by atoms with Gasteiger partial charge in [-0.25, -0.2) is 0 Å². The lowest BCUT2D eigenvalue weighted by atomic mass is 9.71. The molecule has 1 aliphatic carbocycles. The van der Waals surface area contributed by atoms with Gasteiger partial charge in [0.25, 0.3) is 0 Å². The van der Waals surface area contributed by atoms with Crippen molar-refractivity contribution in [1.29, 1.82) is 0 Å². The number of methoxy groups -OCH3 is 1. The van der Waals surface area contributed by atoms with Crippen LogP contribution in [0.15, 0.2) is 18.2 Å². The number of hydrogen-bond donors (Lipinski definition) is 0. The van der Waals surface area contributed by atoms with E-state index in [0.717, 1.165) is 30.8 Å². The molecule has 1 saturated heterocycles. The van der Waals surface area contributed by atoms with Crippen LogP contribution in [0.4, 0.5) is 0 Å². The first kappa shape index (κ1) is 11.7. The molecular formula is C15H19NO2. The van der Waals surface area contributed by atoms with Gasteiger partial charge in [0.05, 0.1) is 7.11 Å². The number of ether oxygens (including phenoxy) is 1. The number of ketones is 1. The quantitative estimate of drug-likeness (QED) is 0.760. The minimum Gasteiger partial charge on any atom is -0.497 e. The fourth-order valence-electron chi connectivity index (χ4n) is 3.34. The van der Waals surface area contributed by atoms with Crippen molar-refractivity contribution in [2.45, 2.75) is 18.8 Å². The number of Topliss-reactive ketones (excluding diaryl/α,β-unsaturated/α-hetero) is 1. The highest BCUT2D eigenvalue weighted by Gasteiger charge is 2.37. The third-order valence-corrected chi connectivity index (χ3v) is 4.37. The molecule has 0 radical (unpaired) electrons. The van der Waals surface area contributed by atoms with E-state index >= 15 is 0 Å². The minimum atomic E-state index is 0.287. The molecule has 0 aromatic heterocycles. The Hall–Kier alpha value is -1.35. The zero-order chi connectivity index (χ0) is 12.7. The number of piperidine rings is 1. The van der Waals surface area contributed by atoms with Gasteiger partial charge in [-0.05, 0) is 43.6 Å². The molecule has 2 atom stereocenters. The predicted octanol–water partition coefficient (Wildman–Crippen LogP) is 2.32. The molecule has 3 rings (SSSR count). The first-order valence-corrected chi connectivity index (χ1v) is 6.58. The van der Waals surface area contributed by atoms with Crippen LogP contribution in [0, 0.1) is 5.92 Å². The lowest BCUT2D eigenvalue weighted by Gasteiger charge is -2.40. The van der Waals surface area contributed by atoms with Crippen LogP contribution in [0.25, 0.3) is 0 Å². The van der Waals surface area contributed by atoms with Crippen molar-refractivity contribution in [3.8, 4) is 5.75 Å². The second-order valence-corrected chi connectivity index (χ2v) is 5.50. The first-order chi connectivity index (χ1) is 8.69. The van der Waals surface area contributed by atoms with Crippen molar-refractivity contribution in [2.24, 2.45) is 5.92 Å². The normalized spacial score (nSPS) is 27.6. The average molecular weight is 245 g/mol. The number of likely N-dealkylation sites (tertiary alicyclic amines) is 1. The molecule has 1 aromatic carbocycles. The molecular weight excluding hydrogens is 226 g/mol. The van der Waals surface area contributed by atoms with Crippen LogP contribution in [0.5, 0.6) is 5.75 Å². The van der Waals surface area contributed by atoms with E-state index in [0.29, 0.717) is 18.3 Å². The molecule has 2 aliphatic rings. The van der Waals surface area contributed by atoms with Crippen LogP contribution >= 0.6 is 0 Å². The summed E-state index contributed by atoms with van der Waals surface area (Å²) in [5, 5.41) is 0. The summed E-state index contributed by atoms with van der Waals surface area (Å²) in [5.41, 5.74) is 2.11. The zero-order valence-corrected chi connectivity index (χ0v) is 11.0. The summed E-state index contributed by atoms with van der Waals surface area (Å²) in [5.74, 6) is 2.12. The number of nitrogens with zero attached hydrogens (tertiary/aromatic N) is 1. The fourth-order valence-corrected chi connectivity index (χ4v) is 3.34. The van der Waals surface area contributed by atoms with Crippen molar-refractivity contribution < 1.29 is 9.53 Å². The highest BCUT2D eigenvalue weighted by molar-refractivity contribution is 5.99. The van der Waals surface area contributed by atoms with E-state index in [4.69, 9.17) is 4.74 Å². The summed E-state index contributed by atoms with van der Waals surface area (Å²) >= 11 is 0. The number of likely N-dealkylation sites (N-methyl/N-ethyl adjacent to an activating group) is 1. The molecule has 1 heterocycles. The van der Waals surface area contributed by atoms with Gasteiger partial charge in [0, 0.05) is 24.4 Å². The topological polar surface area (TPSA) is 29.5 Å². The molecule has 96 valence electrons. The summed E-state index contributed by atoms with van der Waals surface area (Å²) in [6.07, 6.45) is 1.84. The Morgan fingerprint density at radius 1 is 1.39 bits per heavy atom. The second kappa shape index (κ2) is 4.39. The van der Waals surface area contributed by atoms with Crippen molar-refractivity contribution in [1.82, 2.24) is 4.90 Å². The number of benzene rings is 1. The van der Waals surface area contributed by atoms with Gasteiger partial charge in [0.1, 0.15) is 5.75 Å². The van der Waals surface area contributed by atoms with Gasteiger partial charge in [0.15, 0.2) is 5.78 Å². The van der Waals surface area contributed by atoms with Crippen molar-refractivity contribution in [2.75, 3.05) is 27.2 Å². The van der Waals surface area contributed by atoms with Crippen molar-refractivity contribution >= 4 is 5.78 Å². The van der Waals surface area contributed by atoms with Crippen molar-refractivity contribution in [3.63, 3.8) is 0 Å². The molecule has 0 saturated carbocycles. The third kappa shape index (κ3) is 1.83. The number of rotatable bonds is 1. The molecule has 1 aliphatic heterocycles. The maximum Gasteiger partial charge on any atom is 0.163 e. The molecule has 0 amide bonds. The lowest BCUT2D eigenvalue weighted by Crippen LogP contribution is -2.40. The van der Waals surface area contributed by atoms with E-state index in [1.54, 1.807) is 7.11 Å². The van der Waals surface area contributed by atoms with Gasteiger partial charge in [-0.1, -0.05) is 6.07 Å². The molecule has 0 spiro atoms. The third-order valence-electron chi connectivity index (χ3n) is 4.37. The van der Waals surface area contributed by atoms with Crippen LogP contribution < -0.4 is 4.74 Å². The SMILES string of the molecule is COc1ccc2c(c1)C(=O)C[C@@H]1CCN(C)C[C@H]21. The van der Waals surface area contributed by atoms with Crippen LogP contribution in [0.2, 0.25) is 0 Å². The zero-order valence-electron chi connectivity index (χ0n) is 11.0. The highest BCUT2D eigenvalue weighted by Crippen LogP contribution is 2.41. The number of fused-ring (bicyclic) bond motifs is 3. The van der Waals surface area contributed by atoms with Gasteiger partial charge in [-0.3, -0.25) is 4.79 Å². The molecule has 3 nitrogen and oxygen atoms in total. The van der Waals surface area contributed by atoms with Gasteiger partial charge in [-0.2, -0.15) is 0 Å². The van der Waals surface area contributed by atoms with Crippen LogP contribution in [0.3, 0.4) is 0 Å². The van der Waals surface area contributed by atoms with Crippen LogP contribution in [-0.2, 0) is 0 Å². The Morgan fingerprint density at radius 3 is 3.00 bits per heavy atom. The number of carbonyl (C=O) groups excluding carboxylic acids is 1. The molecule has 1 fully saturated rings. The van der Waals surface area contributed by atoms with E-state index in [-0.39, 0.29) is 5.78 Å². The van der Waals surface area contributed by atoms with E-state index < -0.39 is 0 Å². The standard InChI is InChI=1S/C15H19NO2/c1-16-6-5-10-7-15(17)13-8-11(18-2)3-4-12(13)14(10)9-16/h3-4,8,10,14H,5-7,9H2,1-2H3/t10-,14-/m0/s1. The average Bonchev–Trinajstić information content (AvgIpc) is 2.39. The van der Waals surface area contributed by atoms with E-state index in [1.165, 1.54) is 5.56 Å². The fraction of sp³-hybridized carbons (Fsp3) is 0.533. The Morgan fingerprint density at radius 2 is 2.22 bits per heavy atom. The maximum absolute atomic E-state index is 12.2. The summed E-state index contributed by atoms with van der Waals surface area (Å²) < 4.78 is 5.22. The van der Waals surface area contributed by atoms with Crippen molar-refractivity contribution in [3.05, 3.63) is 29.3 Å². The summed E-state index contributed by atoms with van der Waals surface area (Å²) in [6.45, 7) is 2.18. The molecule has 0 bridgehead atoms. The molecule has 18 heavy (non-hydrogen) atoms. The smallest absolute Gasteiger partial charge is 0.163 e. The summed E-state index contributed by atoms with van der Waals surface area (Å²) in [6, 6.07) is 5.97. The number of hydrogen-bond acceptors (Lipinski definition) is 3. The van der Waals surface area contributed by atoms with E-state index in [2.05, 4.69) is 18.0 Å². The van der Waals surface area contributed by atoms with E-state index in [1.807, 2.05) is 12.1 Å². The van der Waals surface area contributed by atoms with Gasteiger partial charge in [0.2, 0.25) is 0 Å². The Kier molecular flexibility index (Phi) is 2.86. The molecule has 3 heteroatoms. The van der Waals surface area contributed by atoms with E-state index in [9.17, 15) is 4.79 Å². The second-order valence-electron chi connectivity index (χ2n) is 5.50. The van der Waals surface area contributed by atoms with Crippen LogP contribution in [-0.4, -0.2) is 37.9 Å². The van der Waals surface area contributed by atoms with Gasteiger partial charge < -0.3 is 9.64 Å². The largest absolute Gasteiger partial charge is 0.497 e. The first-order valence-electron chi connectivity index (χ1n) is 6.58. The molecule has 0 N–H and O–H groups in total. The monoisotopic (exact) mass is 245 g/mol. The predicted molar refractivity (Wildman–Crippen MR) is 70.3 cm³/mol. The molecule has 0 unspecified atom stereocenters. The van der Waals surface area contributed by atoms with Gasteiger partial charge in [-0.15, -0.1) is 0 Å². The van der Waals surface area contributed by atoms with Gasteiger partial charge >= 0.3 is 0 Å². The summed E-state index contributed by atoms with van der Waals surface area (Å²) in [7, 11) is 3.81. The summed E-state index contributed by atoms with van der Waals surface area (Å²) in [4.78, 5) is 14.6. The molecule has 1 aromatic rings. The Bertz CT molecular complexity index is 483. The Balaban J connectivity index is 2.02. The highest BCUT2D eigenvalue weighted by atomic mass is 16.5.